The van der Waals surface area contributed by atoms with Gasteiger partial charge in [-0.1, -0.05) is 13.0 Å². The molecule has 1 aliphatic rings. The van der Waals surface area contributed by atoms with Crippen molar-refractivity contribution in [2.45, 2.75) is 44.7 Å². The van der Waals surface area contributed by atoms with Crippen molar-refractivity contribution in [2.24, 2.45) is 5.73 Å². The maximum Gasteiger partial charge on any atom is 0.146 e. The summed E-state index contributed by atoms with van der Waals surface area (Å²) < 4.78 is 19.7. The molecule has 0 aromatic heterocycles. The summed E-state index contributed by atoms with van der Waals surface area (Å²) in [5.74, 6) is -0.153. The van der Waals surface area contributed by atoms with Crippen molar-refractivity contribution in [1.82, 2.24) is 0 Å². The first-order valence-corrected chi connectivity index (χ1v) is 7.46. The van der Waals surface area contributed by atoms with Gasteiger partial charge in [0.1, 0.15) is 5.82 Å². The maximum atomic E-state index is 14.3. The highest BCUT2D eigenvalue weighted by Gasteiger charge is 2.21. The van der Waals surface area contributed by atoms with E-state index in [-0.39, 0.29) is 11.9 Å². The predicted octanol–water partition coefficient (Wildman–Crippen LogP) is 2.72. The van der Waals surface area contributed by atoms with Gasteiger partial charge in [-0.3, -0.25) is 0 Å². The van der Waals surface area contributed by atoms with E-state index in [2.05, 4.69) is 0 Å². The molecule has 0 saturated carbocycles. The number of hydrogen-bond acceptors (Lipinski definition) is 3. The summed E-state index contributed by atoms with van der Waals surface area (Å²) in [4.78, 5) is 2.04. The van der Waals surface area contributed by atoms with Crippen LogP contribution in [-0.4, -0.2) is 32.3 Å². The van der Waals surface area contributed by atoms with Gasteiger partial charge >= 0.3 is 0 Å². The molecule has 0 bridgehead atoms. The van der Waals surface area contributed by atoms with E-state index in [0.29, 0.717) is 11.7 Å². The Balaban J connectivity index is 2.08. The van der Waals surface area contributed by atoms with Gasteiger partial charge in [0.25, 0.3) is 0 Å². The Morgan fingerprint density at radius 1 is 1.40 bits per heavy atom. The quantitative estimate of drug-likeness (QED) is 0.901. The summed E-state index contributed by atoms with van der Waals surface area (Å²) >= 11 is 0. The van der Waals surface area contributed by atoms with Crippen LogP contribution in [0.15, 0.2) is 18.2 Å². The third-order valence-electron chi connectivity index (χ3n) is 4.15. The SMILES string of the molecule is CCC(N)Cc1ccc(N(C)C2CCOCC2)c(F)c1. The lowest BCUT2D eigenvalue weighted by atomic mass is 10.0. The van der Waals surface area contributed by atoms with Crippen LogP contribution in [0.4, 0.5) is 10.1 Å². The van der Waals surface area contributed by atoms with Crippen molar-refractivity contribution >= 4 is 5.69 Å². The molecule has 1 aromatic carbocycles. The Kier molecular flexibility index (Phi) is 5.38. The molecular formula is C16H25FN2O. The van der Waals surface area contributed by atoms with E-state index >= 15 is 0 Å². The van der Waals surface area contributed by atoms with Crippen LogP contribution in [0, 0.1) is 5.82 Å². The molecule has 1 unspecified atom stereocenters. The third kappa shape index (κ3) is 3.70. The van der Waals surface area contributed by atoms with E-state index in [1.807, 2.05) is 31.0 Å². The first kappa shape index (κ1) is 15.3. The second kappa shape index (κ2) is 7.04. The van der Waals surface area contributed by atoms with Crippen LogP contribution in [0.2, 0.25) is 0 Å². The van der Waals surface area contributed by atoms with Gasteiger partial charge in [0, 0.05) is 32.3 Å². The second-order valence-corrected chi connectivity index (χ2v) is 5.61. The number of benzene rings is 1. The molecule has 1 aromatic rings. The van der Waals surface area contributed by atoms with Gasteiger partial charge < -0.3 is 15.4 Å². The lowest BCUT2D eigenvalue weighted by molar-refractivity contribution is 0.0853. The number of nitrogens with zero attached hydrogens (tertiary/aromatic N) is 1. The maximum absolute atomic E-state index is 14.3. The monoisotopic (exact) mass is 280 g/mol. The highest BCUT2D eigenvalue weighted by atomic mass is 19.1. The van der Waals surface area contributed by atoms with Gasteiger partial charge in [0.05, 0.1) is 5.69 Å². The summed E-state index contributed by atoms with van der Waals surface area (Å²) in [6, 6.07) is 5.96. The first-order valence-electron chi connectivity index (χ1n) is 7.46. The zero-order valence-electron chi connectivity index (χ0n) is 12.4. The van der Waals surface area contributed by atoms with Crippen LogP contribution in [0.25, 0.3) is 0 Å². The van der Waals surface area contributed by atoms with Crippen molar-refractivity contribution in [1.29, 1.82) is 0 Å². The molecule has 0 radical (unpaired) electrons. The number of nitrogens with two attached hydrogens (primary N) is 1. The Hall–Kier alpha value is -1.13. The molecule has 3 nitrogen and oxygen atoms in total. The van der Waals surface area contributed by atoms with Gasteiger partial charge in [0.15, 0.2) is 0 Å². The van der Waals surface area contributed by atoms with Crippen molar-refractivity contribution in [3.05, 3.63) is 29.6 Å². The largest absolute Gasteiger partial charge is 0.381 e. The van der Waals surface area contributed by atoms with Crippen molar-refractivity contribution in [3.63, 3.8) is 0 Å². The molecule has 1 saturated heterocycles. The molecule has 112 valence electrons. The summed E-state index contributed by atoms with van der Waals surface area (Å²) in [6.45, 7) is 3.58. The lowest BCUT2D eigenvalue weighted by Gasteiger charge is -2.33. The first-order chi connectivity index (χ1) is 9.61. The smallest absolute Gasteiger partial charge is 0.146 e. The number of rotatable bonds is 5. The van der Waals surface area contributed by atoms with Gasteiger partial charge in [-0.15, -0.1) is 0 Å². The molecule has 0 aliphatic carbocycles. The minimum Gasteiger partial charge on any atom is -0.381 e. The molecule has 2 N–H and O–H groups in total. The Bertz CT molecular complexity index is 432. The van der Waals surface area contributed by atoms with Gasteiger partial charge in [-0.05, 0) is 43.4 Å². The predicted molar refractivity (Wildman–Crippen MR) is 80.6 cm³/mol. The van der Waals surface area contributed by atoms with Crippen LogP contribution in [0.1, 0.15) is 31.7 Å². The van der Waals surface area contributed by atoms with Crippen molar-refractivity contribution in [3.8, 4) is 0 Å². The fourth-order valence-corrected chi connectivity index (χ4v) is 2.68. The van der Waals surface area contributed by atoms with Crippen molar-refractivity contribution < 1.29 is 9.13 Å². The van der Waals surface area contributed by atoms with Crippen LogP contribution < -0.4 is 10.6 Å². The van der Waals surface area contributed by atoms with Gasteiger partial charge in [-0.2, -0.15) is 0 Å². The average molecular weight is 280 g/mol. The average Bonchev–Trinajstić information content (AvgIpc) is 2.47. The molecule has 0 amide bonds. The fourth-order valence-electron chi connectivity index (χ4n) is 2.68. The Morgan fingerprint density at radius 2 is 2.10 bits per heavy atom. The molecule has 20 heavy (non-hydrogen) atoms. The van der Waals surface area contributed by atoms with Crippen LogP contribution in [0.3, 0.4) is 0 Å². The van der Waals surface area contributed by atoms with Crippen molar-refractivity contribution in [2.75, 3.05) is 25.2 Å². The van der Waals surface area contributed by atoms with E-state index in [9.17, 15) is 4.39 Å². The highest BCUT2D eigenvalue weighted by molar-refractivity contribution is 5.49. The van der Waals surface area contributed by atoms with Crippen LogP contribution >= 0.6 is 0 Å². The Labute approximate surface area is 120 Å². The summed E-state index contributed by atoms with van der Waals surface area (Å²) in [5, 5.41) is 0. The Morgan fingerprint density at radius 3 is 2.70 bits per heavy atom. The zero-order valence-corrected chi connectivity index (χ0v) is 12.4. The highest BCUT2D eigenvalue weighted by Crippen LogP contribution is 2.25. The number of halogens is 1. The number of ether oxygens (including phenoxy) is 1. The molecule has 1 heterocycles. The van der Waals surface area contributed by atoms with Crippen LogP contribution in [-0.2, 0) is 11.2 Å². The molecule has 1 atom stereocenters. The molecule has 1 aliphatic heterocycles. The minimum atomic E-state index is -0.153. The molecule has 0 spiro atoms. The topological polar surface area (TPSA) is 38.5 Å². The molecule has 2 rings (SSSR count). The standard InChI is InChI=1S/C16H25FN2O/c1-3-13(18)10-12-4-5-16(15(17)11-12)19(2)14-6-8-20-9-7-14/h4-5,11,13-14H,3,6-10,18H2,1-2H3. The molecular weight excluding hydrogens is 255 g/mol. The van der Waals surface area contributed by atoms with E-state index in [1.54, 1.807) is 6.07 Å². The van der Waals surface area contributed by atoms with Gasteiger partial charge in [0.2, 0.25) is 0 Å². The third-order valence-corrected chi connectivity index (χ3v) is 4.15. The minimum absolute atomic E-state index is 0.105. The van der Waals surface area contributed by atoms with Crippen LogP contribution in [0.5, 0.6) is 0 Å². The van der Waals surface area contributed by atoms with E-state index in [1.165, 1.54) is 0 Å². The summed E-state index contributed by atoms with van der Waals surface area (Å²) in [7, 11) is 1.96. The van der Waals surface area contributed by atoms with E-state index in [0.717, 1.165) is 44.5 Å². The molecule has 1 fully saturated rings. The number of anilines is 1. The normalized spacial score (nSPS) is 18.0. The van der Waals surface area contributed by atoms with E-state index < -0.39 is 0 Å². The summed E-state index contributed by atoms with van der Waals surface area (Å²) in [6.07, 6.45) is 3.55. The zero-order chi connectivity index (χ0) is 14.5. The van der Waals surface area contributed by atoms with E-state index in [4.69, 9.17) is 10.5 Å². The molecule has 4 heteroatoms. The van der Waals surface area contributed by atoms with Gasteiger partial charge in [-0.25, -0.2) is 4.39 Å². The lowest BCUT2D eigenvalue weighted by Crippen LogP contribution is -2.37. The fraction of sp³-hybridized carbons (Fsp3) is 0.625. The second-order valence-electron chi connectivity index (χ2n) is 5.61. The number of hydrogen-bond donors (Lipinski definition) is 1. The summed E-state index contributed by atoms with van der Waals surface area (Å²) in [5.41, 5.74) is 7.57.